The first-order chi connectivity index (χ1) is 11.3. The predicted molar refractivity (Wildman–Crippen MR) is 97.9 cm³/mol. The van der Waals surface area contributed by atoms with Crippen LogP contribution in [0.15, 0.2) is 41.3 Å². The van der Waals surface area contributed by atoms with Crippen LogP contribution in [0.2, 0.25) is 0 Å². The molecule has 0 radical (unpaired) electrons. The van der Waals surface area contributed by atoms with Crippen molar-refractivity contribution in [1.29, 1.82) is 0 Å². The van der Waals surface area contributed by atoms with E-state index in [1.54, 1.807) is 4.31 Å². The molecule has 2 aromatic carbocycles. The van der Waals surface area contributed by atoms with E-state index in [0.29, 0.717) is 18.0 Å². The number of rotatable bonds is 3. The van der Waals surface area contributed by atoms with Crippen molar-refractivity contribution >= 4 is 10.0 Å². The van der Waals surface area contributed by atoms with Gasteiger partial charge >= 0.3 is 0 Å². The summed E-state index contributed by atoms with van der Waals surface area (Å²) in [5.74, 6) is 0.285. The molecule has 1 heterocycles. The molecule has 1 aliphatic rings. The Morgan fingerprint density at radius 3 is 2.12 bits per heavy atom. The number of hydrogen-bond acceptors (Lipinski definition) is 2. The Kier molecular flexibility index (Phi) is 4.54. The van der Waals surface area contributed by atoms with E-state index in [-0.39, 0.29) is 5.92 Å². The van der Waals surface area contributed by atoms with Crippen LogP contribution in [0.1, 0.15) is 40.2 Å². The molecule has 1 atom stereocenters. The summed E-state index contributed by atoms with van der Waals surface area (Å²) in [7, 11) is -3.45. The van der Waals surface area contributed by atoms with Gasteiger partial charge in [-0.05, 0) is 67.9 Å². The molecule has 0 spiro atoms. The quantitative estimate of drug-likeness (QED) is 0.841. The fourth-order valence-corrected chi connectivity index (χ4v) is 5.72. The van der Waals surface area contributed by atoms with Crippen LogP contribution in [0.25, 0.3) is 0 Å². The SMILES string of the molecule is Cc1cc(C)c(C)c(S(=O)(=O)N2CCC(c3ccccc3)C2)c1C. The topological polar surface area (TPSA) is 37.4 Å². The van der Waals surface area contributed by atoms with E-state index in [0.717, 1.165) is 28.7 Å². The van der Waals surface area contributed by atoms with Crippen LogP contribution in [0, 0.1) is 27.7 Å². The summed E-state index contributed by atoms with van der Waals surface area (Å²) in [6.45, 7) is 8.96. The molecule has 0 bridgehead atoms. The second-order valence-corrected chi connectivity index (χ2v) is 8.72. The molecule has 1 aliphatic heterocycles. The third-order valence-corrected chi connectivity index (χ3v) is 7.46. The minimum atomic E-state index is -3.45. The molecule has 24 heavy (non-hydrogen) atoms. The summed E-state index contributed by atoms with van der Waals surface area (Å²) in [6, 6.07) is 12.3. The van der Waals surface area contributed by atoms with Crippen LogP contribution < -0.4 is 0 Å². The first-order valence-electron chi connectivity index (χ1n) is 8.45. The van der Waals surface area contributed by atoms with Crippen molar-refractivity contribution in [3.8, 4) is 0 Å². The first kappa shape index (κ1) is 17.2. The van der Waals surface area contributed by atoms with Gasteiger partial charge in [0, 0.05) is 13.1 Å². The number of sulfonamides is 1. The smallest absolute Gasteiger partial charge is 0.207 e. The van der Waals surface area contributed by atoms with E-state index in [9.17, 15) is 8.42 Å². The van der Waals surface area contributed by atoms with Crippen molar-refractivity contribution < 1.29 is 8.42 Å². The van der Waals surface area contributed by atoms with E-state index in [1.165, 1.54) is 5.56 Å². The second kappa shape index (κ2) is 6.34. The van der Waals surface area contributed by atoms with Gasteiger partial charge in [0.05, 0.1) is 4.90 Å². The third kappa shape index (κ3) is 2.89. The molecule has 0 saturated carbocycles. The minimum absolute atomic E-state index is 0.285. The van der Waals surface area contributed by atoms with Gasteiger partial charge in [-0.1, -0.05) is 36.4 Å². The van der Waals surface area contributed by atoms with Gasteiger partial charge in [0.2, 0.25) is 10.0 Å². The monoisotopic (exact) mass is 343 g/mol. The van der Waals surface area contributed by atoms with Crippen LogP contribution in [0.3, 0.4) is 0 Å². The van der Waals surface area contributed by atoms with E-state index in [2.05, 4.69) is 18.2 Å². The average molecular weight is 343 g/mol. The van der Waals surface area contributed by atoms with E-state index in [4.69, 9.17) is 0 Å². The van der Waals surface area contributed by atoms with Gasteiger partial charge in [0.25, 0.3) is 0 Å². The maximum atomic E-state index is 13.3. The second-order valence-electron chi connectivity index (χ2n) is 6.85. The van der Waals surface area contributed by atoms with Gasteiger partial charge in [-0.3, -0.25) is 0 Å². The Morgan fingerprint density at radius 2 is 1.54 bits per heavy atom. The van der Waals surface area contributed by atoms with Gasteiger partial charge in [-0.25, -0.2) is 8.42 Å². The standard InChI is InChI=1S/C20H25NO2S/c1-14-12-15(2)17(4)20(16(14)3)24(22,23)21-11-10-19(13-21)18-8-6-5-7-9-18/h5-9,12,19H,10-11,13H2,1-4H3. The zero-order valence-electron chi connectivity index (χ0n) is 14.8. The first-order valence-corrected chi connectivity index (χ1v) is 9.89. The Bertz CT molecular complexity index is 831. The normalized spacial score (nSPS) is 18.9. The number of aryl methyl sites for hydroxylation is 2. The van der Waals surface area contributed by atoms with E-state index in [1.807, 2.05) is 45.9 Å². The summed E-state index contributed by atoms with van der Waals surface area (Å²) in [4.78, 5) is 0.508. The number of nitrogens with zero attached hydrogens (tertiary/aromatic N) is 1. The molecule has 4 heteroatoms. The van der Waals surface area contributed by atoms with Crippen LogP contribution in [-0.4, -0.2) is 25.8 Å². The molecular formula is C20H25NO2S. The summed E-state index contributed by atoms with van der Waals surface area (Å²) in [6.07, 6.45) is 0.881. The van der Waals surface area contributed by atoms with Gasteiger partial charge in [-0.15, -0.1) is 0 Å². The summed E-state index contributed by atoms with van der Waals surface area (Å²) < 4.78 is 28.2. The zero-order valence-corrected chi connectivity index (χ0v) is 15.7. The molecule has 3 nitrogen and oxygen atoms in total. The third-order valence-electron chi connectivity index (χ3n) is 5.32. The molecule has 0 amide bonds. The summed E-state index contributed by atoms with van der Waals surface area (Å²) in [5.41, 5.74) is 5.05. The predicted octanol–water partition coefficient (Wildman–Crippen LogP) is 4.10. The molecule has 0 aliphatic carbocycles. The van der Waals surface area contributed by atoms with Crippen LogP contribution in [0.4, 0.5) is 0 Å². The molecule has 1 saturated heterocycles. The van der Waals surface area contributed by atoms with E-state index < -0.39 is 10.0 Å². The van der Waals surface area contributed by atoms with Crippen molar-refractivity contribution in [3.63, 3.8) is 0 Å². The maximum absolute atomic E-state index is 13.3. The minimum Gasteiger partial charge on any atom is -0.207 e. The van der Waals surface area contributed by atoms with Crippen LogP contribution in [-0.2, 0) is 10.0 Å². The number of hydrogen-bond donors (Lipinski definition) is 0. The van der Waals surface area contributed by atoms with Crippen molar-refractivity contribution in [2.75, 3.05) is 13.1 Å². The molecule has 0 N–H and O–H groups in total. The Morgan fingerprint density at radius 1 is 0.958 bits per heavy atom. The fourth-order valence-electron chi connectivity index (χ4n) is 3.64. The maximum Gasteiger partial charge on any atom is 0.243 e. The zero-order chi connectivity index (χ0) is 17.5. The van der Waals surface area contributed by atoms with Crippen LogP contribution >= 0.6 is 0 Å². The lowest BCUT2D eigenvalue weighted by Gasteiger charge is -2.22. The van der Waals surface area contributed by atoms with Crippen molar-refractivity contribution in [2.45, 2.75) is 44.9 Å². The highest BCUT2D eigenvalue weighted by molar-refractivity contribution is 7.89. The summed E-state index contributed by atoms with van der Waals surface area (Å²) in [5, 5.41) is 0. The van der Waals surface area contributed by atoms with Crippen LogP contribution in [0.5, 0.6) is 0 Å². The van der Waals surface area contributed by atoms with Gasteiger partial charge in [0.1, 0.15) is 0 Å². The Labute approximate surface area is 145 Å². The Balaban J connectivity index is 1.96. The largest absolute Gasteiger partial charge is 0.243 e. The lowest BCUT2D eigenvalue weighted by Crippen LogP contribution is -2.30. The molecule has 0 aromatic heterocycles. The van der Waals surface area contributed by atoms with Crippen molar-refractivity contribution in [3.05, 3.63) is 64.2 Å². The van der Waals surface area contributed by atoms with Gasteiger partial charge in [0.15, 0.2) is 0 Å². The fraction of sp³-hybridized carbons (Fsp3) is 0.400. The average Bonchev–Trinajstić information content (AvgIpc) is 3.05. The lowest BCUT2D eigenvalue weighted by molar-refractivity contribution is 0.471. The van der Waals surface area contributed by atoms with Gasteiger partial charge < -0.3 is 0 Å². The molecule has 2 aromatic rings. The number of benzene rings is 2. The highest BCUT2D eigenvalue weighted by atomic mass is 32.2. The molecule has 3 rings (SSSR count). The Hall–Kier alpha value is -1.65. The lowest BCUT2D eigenvalue weighted by atomic mass is 9.99. The molecule has 128 valence electrons. The molecule has 1 unspecified atom stereocenters. The highest BCUT2D eigenvalue weighted by Crippen LogP contribution is 2.34. The van der Waals surface area contributed by atoms with Crippen molar-refractivity contribution in [1.82, 2.24) is 4.31 Å². The van der Waals surface area contributed by atoms with Crippen molar-refractivity contribution in [2.24, 2.45) is 0 Å². The van der Waals surface area contributed by atoms with Gasteiger partial charge in [-0.2, -0.15) is 4.31 Å². The highest BCUT2D eigenvalue weighted by Gasteiger charge is 2.35. The van der Waals surface area contributed by atoms with E-state index >= 15 is 0 Å². The molecular weight excluding hydrogens is 318 g/mol. The molecule has 1 fully saturated rings. The summed E-state index contributed by atoms with van der Waals surface area (Å²) >= 11 is 0.